The second kappa shape index (κ2) is 13.8. The van der Waals surface area contributed by atoms with Crippen LogP contribution in [0.1, 0.15) is 33.5 Å². The van der Waals surface area contributed by atoms with E-state index in [-0.39, 0.29) is 5.70 Å². The van der Waals surface area contributed by atoms with Gasteiger partial charge in [0, 0.05) is 30.4 Å². The Morgan fingerprint density at radius 1 is 0.750 bits per heavy atom. The largest absolute Gasteiger partial charge is 0.435 e. The highest BCUT2D eigenvalue weighted by Gasteiger charge is 2.21. The Labute approximate surface area is 258 Å². The summed E-state index contributed by atoms with van der Waals surface area (Å²) >= 11 is 0. The van der Waals surface area contributed by atoms with Gasteiger partial charge >= 0.3 is 0 Å². The number of nitrogens with zero attached hydrogens (tertiary/aromatic N) is 5. The maximum Gasteiger partial charge on any atom is 0.229 e. The van der Waals surface area contributed by atoms with Crippen molar-refractivity contribution in [3.63, 3.8) is 0 Å². The summed E-state index contributed by atoms with van der Waals surface area (Å²) < 4.78 is 6.45. The summed E-state index contributed by atoms with van der Waals surface area (Å²) in [6, 6.07) is 27.5. The van der Waals surface area contributed by atoms with E-state index in [1.54, 1.807) is 6.20 Å². The number of hydrogen-bond acceptors (Lipinski definition) is 10. The zero-order chi connectivity index (χ0) is 31.1. The lowest BCUT2D eigenvalue weighted by atomic mass is 10.1. The van der Waals surface area contributed by atoms with Crippen molar-refractivity contribution >= 4 is 23.3 Å². The van der Waals surface area contributed by atoms with E-state index in [9.17, 15) is 0 Å². The van der Waals surface area contributed by atoms with Gasteiger partial charge < -0.3 is 20.8 Å². The van der Waals surface area contributed by atoms with E-state index >= 15 is 0 Å². The minimum Gasteiger partial charge on any atom is -0.435 e. The molecule has 2 aromatic heterocycles. The summed E-state index contributed by atoms with van der Waals surface area (Å²) in [5.41, 5.74) is 10.8. The SMILES string of the molecule is CC(C)CNc1nc(NCC(C)C)nc(/C(N)=C/N(N)c2ccccc2-c2nc(-c3ccccc3)c(-c3ccccc3)o2)n1. The van der Waals surface area contributed by atoms with Crippen LogP contribution >= 0.6 is 0 Å². The third-order valence-electron chi connectivity index (χ3n) is 6.63. The van der Waals surface area contributed by atoms with Gasteiger partial charge in [0.25, 0.3) is 0 Å². The average Bonchev–Trinajstić information content (AvgIpc) is 3.49. The third-order valence-corrected chi connectivity index (χ3v) is 6.63. The molecule has 10 heteroatoms. The van der Waals surface area contributed by atoms with Crippen molar-refractivity contribution < 1.29 is 4.42 Å². The van der Waals surface area contributed by atoms with Crippen molar-refractivity contribution in [2.24, 2.45) is 23.4 Å². The van der Waals surface area contributed by atoms with Crippen LogP contribution in [0.4, 0.5) is 17.6 Å². The molecular formula is C34H39N9O. The molecule has 0 fully saturated rings. The van der Waals surface area contributed by atoms with Crippen LogP contribution in [0.5, 0.6) is 0 Å². The zero-order valence-electron chi connectivity index (χ0n) is 25.5. The highest BCUT2D eigenvalue weighted by Crippen LogP contribution is 2.38. The quantitative estimate of drug-likeness (QED) is 0.0924. The number of rotatable bonds is 12. The molecule has 226 valence electrons. The van der Waals surface area contributed by atoms with Crippen molar-refractivity contribution in [3.05, 3.63) is 97.0 Å². The second-order valence-corrected chi connectivity index (χ2v) is 11.3. The molecule has 3 aromatic carbocycles. The molecule has 10 nitrogen and oxygen atoms in total. The summed E-state index contributed by atoms with van der Waals surface area (Å²) in [5.74, 6) is 9.73. The van der Waals surface area contributed by atoms with E-state index < -0.39 is 0 Å². The number of nitrogens with one attached hydrogen (secondary N) is 2. The molecule has 0 saturated heterocycles. The van der Waals surface area contributed by atoms with Gasteiger partial charge in [-0.1, -0.05) is 100 Å². The van der Waals surface area contributed by atoms with Gasteiger partial charge in [0.1, 0.15) is 5.69 Å². The molecule has 0 bridgehead atoms. The van der Waals surface area contributed by atoms with Crippen molar-refractivity contribution in [1.29, 1.82) is 0 Å². The van der Waals surface area contributed by atoms with E-state index in [2.05, 4.69) is 53.3 Å². The van der Waals surface area contributed by atoms with Gasteiger partial charge in [-0.2, -0.15) is 15.0 Å². The first-order valence-electron chi connectivity index (χ1n) is 14.7. The number of benzene rings is 3. The average molecular weight is 590 g/mol. The highest BCUT2D eigenvalue weighted by atomic mass is 16.4. The Morgan fingerprint density at radius 2 is 1.30 bits per heavy atom. The predicted octanol–water partition coefficient (Wildman–Crippen LogP) is 6.63. The molecule has 2 heterocycles. The van der Waals surface area contributed by atoms with E-state index in [4.69, 9.17) is 21.0 Å². The van der Waals surface area contributed by atoms with Gasteiger partial charge in [0.15, 0.2) is 11.6 Å². The zero-order valence-corrected chi connectivity index (χ0v) is 25.5. The van der Waals surface area contributed by atoms with Gasteiger partial charge in [-0.25, -0.2) is 10.8 Å². The number of hydrogen-bond donors (Lipinski definition) is 4. The van der Waals surface area contributed by atoms with E-state index in [0.29, 0.717) is 65.5 Å². The summed E-state index contributed by atoms with van der Waals surface area (Å²) in [6.07, 6.45) is 1.59. The molecular weight excluding hydrogens is 550 g/mol. The van der Waals surface area contributed by atoms with Gasteiger partial charge in [-0.15, -0.1) is 0 Å². The standard InChI is InChI=1S/C34H39N9O/c1-22(2)19-37-33-40-31(41-34(42-33)38-20-23(3)4)27(35)21-43(36)28-18-12-11-17-26(28)32-39-29(24-13-7-5-8-14-24)30(44-32)25-15-9-6-10-16-25/h5-18,21-23H,19-20,35-36H2,1-4H3,(H2,37,38,40,41,42)/b27-21-. The fourth-order valence-electron chi connectivity index (χ4n) is 4.42. The van der Waals surface area contributed by atoms with Gasteiger partial charge in [-0.05, 0) is 24.0 Å². The number of hydrazine groups is 1. The van der Waals surface area contributed by atoms with Gasteiger partial charge in [-0.3, -0.25) is 5.01 Å². The molecule has 44 heavy (non-hydrogen) atoms. The van der Waals surface area contributed by atoms with E-state index in [0.717, 1.165) is 16.8 Å². The second-order valence-electron chi connectivity index (χ2n) is 11.3. The van der Waals surface area contributed by atoms with Crippen molar-refractivity contribution in [2.75, 3.05) is 28.7 Å². The molecule has 0 radical (unpaired) electrons. The first kappa shape index (κ1) is 30.2. The Kier molecular flexibility index (Phi) is 9.51. The van der Waals surface area contributed by atoms with Gasteiger partial charge in [0.2, 0.25) is 17.8 Å². The molecule has 0 spiro atoms. The smallest absolute Gasteiger partial charge is 0.229 e. The first-order chi connectivity index (χ1) is 21.3. The fourth-order valence-corrected chi connectivity index (χ4v) is 4.42. The minimum absolute atomic E-state index is 0.271. The van der Waals surface area contributed by atoms with Crippen LogP contribution in [0.15, 0.2) is 95.5 Å². The Hall–Kier alpha value is -5.22. The van der Waals surface area contributed by atoms with Gasteiger partial charge in [0.05, 0.1) is 16.9 Å². The predicted molar refractivity (Wildman–Crippen MR) is 178 cm³/mol. The molecule has 0 amide bonds. The molecule has 0 unspecified atom stereocenters. The number of nitrogens with two attached hydrogens (primary N) is 2. The van der Waals surface area contributed by atoms with Crippen molar-refractivity contribution in [3.8, 4) is 34.0 Å². The summed E-state index contributed by atoms with van der Waals surface area (Å²) in [5, 5.41) is 7.97. The topological polar surface area (TPSA) is 144 Å². The number of para-hydroxylation sites is 1. The Balaban J connectivity index is 1.51. The molecule has 5 rings (SSSR count). The lowest BCUT2D eigenvalue weighted by molar-refractivity contribution is 0.589. The van der Waals surface area contributed by atoms with Crippen LogP contribution in [-0.4, -0.2) is 33.0 Å². The molecule has 6 N–H and O–H groups in total. The van der Waals surface area contributed by atoms with Crippen molar-refractivity contribution in [2.45, 2.75) is 27.7 Å². The molecule has 5 aromatic rings. The van der Waals surface area contributed by atoms with E-state index in [1.807, 2.05) is 84.9 Å². The lowest BCUT2D eigenvalue weighted by Gasteiger charge is -2.18. The number of aromatic nitrogens is 4. The monoisotopic (exact) mass is 589 g/mol. The number of oxazole rings is 1. The van der Waals surface area contributed by atoms with Crippen LogP contribution in [0.3, 0.4) is 0 Å². The molecule has 0 atom stereocenters. The number of anilines is 3. The molecule has 0 saturated carbocycles. The Morgan fingerprint density at radius 3 is 1.89 bits per heavy atom. The van der Waals surface area contributed by atoms with Crippen LogP contribution in [0.25, 0.3) is 39.7 Å². The first-order valence-corrected chi connectivity index (χ1v) is 14.7. The van der Waals surface area contributed by atoms with Crippen LogP contribution < -0.4 is 27.2 Å². The summed E-state index contributed by atoms with van der Waals surface area (Å²) in [6.45, 7) is 9.88. The van der Waals surface area contributed by atoms with Crippen LogP contribution in [0, 0.1) is 11.8 Å². The summed E-state index contributed by atoms with van der Waals surface area (Å²) in [4.78, 5) is 18.6. The maximum atomic E-state index is 6.62. The molecule has 0 aliphatic heterocycles. The molecule has 0 aliphatic rings. The Bertz CT molecular complexity index is 1610. The maximum absolute atomic E-state index is 6.62. The minimum atomic E-state index is 0.271. The summed E-state index contributed by atoms with van der Waals surface area (Å²) in [7, 11) is 0. The third kappa shape index (κ3) is 7.40. The highest BCUT2D eigenvalue weighted by molar-refractivity contribution is 5.82. The molecule has 0 aliphatic carbocycles. The lowest BCUT2D eigenvalue weighted by Crippen LogP contribution is -2.27. The van der Waals surface area contributed by atoms with Crippen molar-refractivity contribution in [1.82, 2.24) is 19.9 Å². The van der Waals surface area contributed by atoms with E-state index in [1.165, 1.54) is 5.01 Å². The fraction of sp³-hybridized carbons (Fsp3) is 0.235. The van der Waals surface area contributed by atoms with Crippen LogP contribution in [-0.2, 0) is 0 Å². The normalized spacial score (nSPS) is 11.7. The van der Waals surface area contributed by atoms with Crippen LogP contribution in [0.2, 0.25) is 0 Å².